The van der Waals surface area contributed by atoms with Gasteiger partial charge < -0.3 is 15.8 Å². The van der Waals surface area contributed by atoms with E-state index in [1.54, 1.807) is 12.3 Å². The fraction of sp³-hybridized carbons (Fsp3) is 0.583. The predicted molar refractivity (Wildman–Crippen MR) is 70.1 cm³/mol. The van der Waals surface area contributed by atoms with Gasteiger partial charge in [-0.25, -0.2) is 0 Å². The fourth-order valence-corrected chi connectivity index (χ4v) is 1.29. The van der Waals surface area contributed by atoms with E-state index in [-0.39, 0.29) is 24.6 Å². The van der Waals surface area contributed by atoms with Gasteiger partial charge in [-0.1, -0.05) is 6.92 Å². The number of ether oxygens (including phenoxy) is 1. The van der Waals surface area contributed by atoms with Crippen LogP contribution in [-0.2, 0) is 20.9 Å². The third-order valence-corrected chi connectivity index (χ3v) is 2.68. The van der Waals surface area contributed by atoms with Gasteiger partial charge in [-0.3, -0.25) is 14.3 Å². The molecule has 0 bridgehead atoms. The van der Waals surface area contributed by atoms with Crippen molar-refractivity contribution in [3.05, 3.63) is 12.3 Å². The van der Waals surface area contributed by atoms with E-state index in [1.165, 1.54) is 4.68 Å². The Balaban J connectivity index is 2.32. The van der Waals surface area contributed by atoms with Gasteiger partial charge in [0.1, 0.15) is 12.4 Å². The van der Waals surface area contributed by atoms with E-state index in [9.17, 15) is 9.59 Å². The summed E-state index contributed by atoms with van der Waals surface area (Å²) in [4.78, 5) is 23.0. The molecule has 0 aliphatic carbocycles. The number of anilines is 1. The molecule has 106 valence electrons. The Morgan fingerprint density at radius 1 is 1.53 bits per heavy atom. The van der Waals surface area contributed by atoms with Gasteiger partial charge in [0.05, 0.1) is 0 Å². The quantitative estimate of drug-likeness (QED) is 0.723. The van der Waals surface area contributed by atoms with Crippen LogP contribution < -0.4 is 11.1 Å². The zero-order valence-corrected chi connectivity index (χ0v) is 11.5. The van der Waals surface area contributed by atoms with Crippen molar-refractivity contribution in [2.75, 3.05) is 12.3 Å². The van der Waals surface area contributed by atoms with Crippen LogP contribution in [0.4, 0.5) is 5.82 Å². The minimum atomic E-state index is -0.535. The summed E-state index contributed by atoms with van der Waals surface area (Å²) in [6.45, 7) is 5.41. The molecule has 1 amide bonds. The molecule has 3 N–H and O–H groups in total. The van der Waals surface area contributed by atoms with E-state index < -0.39 is 5.97 Å². The fourth-order valence-electron chi connectivity index (χ4n) is 1.29. The van der Waals surface area contributed by atoms with Gasteiger partial charge >= 0.3 is 5.97 Å². The van der Waals surface area contributed by atoms with E-state index in [4.69, 9.17) is 10.5 Å². The zero-order chi connectivity index (χ0) is 14.5. The number of aromatic nitrogens is 2. The smallest absolute Gasteiger partial charge is 0.328 e. The van der Waals surface area contributed by atoms with Gasteiger partial charge in [0.15, 0.2) is 6.61 Å². The van der Waals surface area contributed by atoms with Gasteiger partial charge in [0, 0.05) is 11.7 Å². The number of nitrogen functional groups attached to an aromatic ring is 1. The molecule has 0 radical (unpaired) electrons. The molecule has 0 aliphatic heterocycles. The molecule has 1 aromatic rings. The third kappa shape index (κ3) is 5.41. The summed E-state index contributed by atoms with van der Waals surface area (Å²) < 4.78 is 6.21. The summed E-state index contributed by atoms with van der Waals surface area (Å²) in [7, 11) is 0. The first kappa shape index (κ1) is 15.0. The number of rotatable bonds is 6. The molecule has 1 aromatic heterocycles. The van der Waals surface area contributed by atoms with Crippen LogP contribution in [0.2, 0.25) is 0 Å². The van der Waals surface area contributed by atoms with Crippen molar-refractivity contribution in [2.45, 2.75) is 39.3 Å². The van der Waals surface area contributed by atoms with Crippen molar-refractivity contribution in [3.8, 4) is 0 Å². The summed E-state index contributed by atoms with van der Waals surface area (Å²) in [5.74, 6) is -0.525. The Hall–Kier alpha value is -2.05. The summed E-state index contributed by atoms with van der Waals surface area (Å²) in [6, 6.07) is 1.57. The third-order valence-electron chi connectivity index (χ3n) is 2.68. The largest absolute Gasteiger partial charge is 0.454 e. The number of carbonyl (C=O) groups excluding carboxylic acids is 2. The molecule has 0 aliphatic rings. The van der Waals surface area contributed by atoms with Crippen LogP contribution in [-0.4, -0.2) is 33.8 Å². The molecule has 7 nitrogen and oxygen atoms in total. The van der Waals surface area contributed by atoms with Crippen molar-refractivity contribution < 1.29 is 14.3 Å². The molecular formula is C12H20N4O3. The minimum absolute atomic E-state index is 0.0678. The van der Waals surface area contributed by atoms with Crippen LogP contribution in [0.1, 0.15) is 27.2 Å². The first-order valence-electron chi connectivity index (χ1n) is 6.08. The summed E-state index contributed by atoms with van der Waals surface area (Å²) >= 11 is 0. The second-order valence-corrected chi connectivity index (χ2v) is 4.88. The van der Waals surface area contributed by atoms with Crippen molar-refractivity contribution in [3.63, 3.8) is 0 Å². The number of hydrogen-bond acceptors (Lipinski definition) is 5. The topological polar surface area (TPSA) is 99.2 Å². The number of nitrogens with one attached hydrogen (secondary N) is 1. The molecule has 7 heteroatoms. The monoisotopic (exact) mass is 268 g/mol. The Morgan fingerprint density at radius 2 is 2.21 bits per heavy atom. The standard InChI is InChI=1S/C12H20N4O3/c1-4-12(2,3)14-10(17)8-19-11(18)7-16-6-5-9(13)15-16/h5-6H,4,7-8H2,1-3H3,(H2,13,15)(H,14,17). The number of esters is 1. The number of carbonyl (C=O) groups is 2. The number of amides is 1. The van der Waals surface area contributed by atoms with E-state index in [0.29, 0.717) is 5.82 Å². The molecule has 0 spiro atoms. The lowest BCUT2D eigenvalue weighted by atomic mass is 10.0. The van der Waals surface area contributed by atoms with Crippen LogP contribution in [0, 0.1) is 0 Å². The van der Waals surface area contributed by atoms with Gasteiger partial charge in [0.2, 0.25) is 0 Å². The van der Waals surface area contributed by atoms with E-state index in [0.717, 1.165) is 6.42 Å². The van der Waals surface area contributed by atoms with Crippen LogP contribution in [0.15, 0.2) is 12.3 Å². The lowest BCUT2D eigenvalue weighted by molar-refractivity contribution is -0.149. The van der Waals surface area contributed by atoms with Gasteiger partial charge in [-0.15, -0.1) is 0 Å². The Morgan fingerprint density at radius 3 is 2.74 bits per heavy atom. The van der Waals surface area contributed by atoms with Crippen LogP contribution in [0.3, 0.4) is 0 Å². The molecule has 0 aromatic carbocycles. The predicted octanol–water partition coefficient (Wildman–Crippen LogP) is 0.313. The Labute approximate surface area is 112 Å². The second kappa shape index (κ2) is 6.21. The average molecular weight is 268 g/mol. The van der Waals surface area contributed by atoms with Crippen LogP contribution in [0.25, 0.3) is 0 Å². The highest BCUT2D eigenvalue weighted by Crippen LogP contribution is 2.06. The number of nitrogens with zero attached hydrogens (tertiary/aromatic N) is 2. The van der Waals surface area contributed by atoms with E-state index in [1.807, 2.05) is 20.8 Å². The maximum atomic E-state index is 11.5. The summed E-state index contributed by atoms with van der Waals surface area (Å²) in [6.07, 6.45) is 2.36. The first-order valence-corrected chi connectivity index (χ1v) is 6.08. The maximum Gasteiger partial charge on any atom is 0.328 e. The molecule has 0 saturated carbocycles. The molecule has 19 heavy (non-hydrogen) atoms. The normalized spacial score (nSPS) is 11.1. The molecule has 0 saturated heterocycles. The molecule has 0 unspecified atom stereocenters. The van der Waals surface area contributed by atoms with Crippen molar-refractivity contribution in [1.29, 1.82) is 0 Å². The van der Waals surface area contributed by atoms with E-state index in [2.05, 4.69) is 10.4 Å². The second-order valence-electron chi connectivity index (χ2n) is 4.88. The summed E-state index contributed by atoms with van der Waals surface area (Å²) in [5, 5.41) is 6.61. The van der Waals surface area contributed by atoms with E-state index >= 15 is 0 Å². The highest BCUT2D eigenvalue weighted by atomic mass is 16.5. The van der Waals surface area contributed by atoms with Crippen LogP contribution in [0.5, 0.6) is 0 Å². The maximum absolute atomic E-state index is 11.5. The van der Waals surface area contributed by atoms with Crippen LogP contribution >= 0.6 is 0 Å². The Bertz CT molecular complexity index is 454. The van der Waals surface area contributed by atoms with Gasteiger partial charge in [0.25, 0.3) is 5.91 Å². The first-order chi connectivity index (χ1) is 8.82. The highest BCUT2D eigenvalue weighted by molar-refractivity contribution is 5.80. The highest BCUT2D eigenvalue weighted by Gasteiger charge is 2.18. The van der Waals surface area contributed by atoms with Crippen molar-refractivity contribution in [2.24, 2.45) is 0 Å². The molecule has 1 heterocycles. The lowest BCUT2D eigenvalue weighted by Gasteiger charge is -2.24. The lowest BCUT2D eigenvalue weighted by Crippen LogP contribution is -2.44. The Kier molecular flexibility index (Phi) is 4.91. The average Bonchev–Trinajstić information content (AvgIpc) is 2.72. The summed E-state index contributed by atoms with van der Waals surface area (Å²) in [5.41, 5.74) is 5.11. The van der Waals surface area contributed by atoms with Crippen molar-refractivity contribution >= 4 is 17.7 Å². The molecule has 0 fully saturated rings. The molecular weight excluding hydrogens is 248 g/mol. The van der Waals surface area contributed by atoms with Gasteiger partial charge in [-0.05, 0) is 26.3 Å². The number of hydrogen-bond donors (Lipinski definition) is 2. The zero-order valence-electron chi connectivity index (χ0n) is 11.5. The minimum Gasteiger partial charge on any atom is -0.454 e. The van der Waals surface area contributed by atoms with Gasteiger partial charge in [-0.2, -0.15) is 5.10 Å². The molecule has 1 rings (SSSR count). The number of nitrogens with two attached hydrogens (primary N) is 1. The molecule has 0 atom stereocenters. The van der Waals surface area contributed by atoms with Crippen molar-refractivity contribution in [1.82, 2.24) is 15.1 Å². The SMILES string of the molecule is CCC(C)(C)NC(=O)COC(=O)Cn1ccc(N)n1.